The zero-order valence-corrected chi connectivity index (χ0v) is 53.1. The van der Waals surface area contributed by atoms with E-state index in [2.05, 4.69) is 160 Å². The second-order valence-corrected chi connectivity index (χ2v) is 23.2. The van der Waals surface area contributed by atoms with Gasteiger partial charge in [0.05, 0.1) is 33.8 Å². The van der Waals surface area contributed by atoms with Crippen LogP contribution >= 0.6 is 7.82 Å². The van der Waals surface area contributed by atoms with Gasteiger partial charge in [-0.3, -0.25) is 14.2 Å². The van der Waals surface area contributed by atoms with Gasteiger partial charge in [0.2, 0.25) is 5.91 Å². The number of hydrogen-bond acceptors (Lipinski definition) is 7. The van der Waals surface area contributed by atoms with E-state index in [-0.39, 0.29) is 31.3 Å². The van der Waals surface area contributed by atoms with Gasteiger partial charge < -0.3 is 28.5 Å². The summed E-state index contributed by atoms with van der Waals surface area (Å²) >= 11 is 0. The van der Waals surface area contributed by atoms with Gasteiger partial charge in [-0.1, -0.05) is 250 Å². The molecule has 1 amide bonds. The van der Waals surface area contributed by atoms with Crippen molar-refractivity contribution in [1.82, 2.24) is 5.32 Å². The number of phosphoric ester groups is 1. The van der Waals surface area contributed by atoms with E-state index >= 15 is 0 Å². The van der Waals surface area contributed by atoms with Crippen molar-refractivity contribution in [3.63, 3.8) is 0 Å². The smallest absolute Gasteiger partial charge is 0.306 e. The summed E-state index contributed by atoms with van der Waals surface area (Å²) in [6.07, 6.45) is 86.6. The quantitative estimate of drug-likeness (QED) is 0.0212. The maximum absolute atomic E-state index is 13.5. The third kappa shape index (κ3) is 60.1. The first-order chi connectivity index (χ1) is 39.4. The summed E-state index contributed by atoms with van der Waals surface area (Å²) < 4.78 is 30.2. The van der Waals surface area contributed by atoms with E-state index in [4.69, 9.17) is 13.8 Å². The molecule has 3 atom stereocenters. The van der Waals surface area contributed by atoms with Crippen LogP contribution in [-0.4, -0.2) is 69.4 Å². The molecule has 458 valence electrons. The lowest BCUT2D eigenvalue weighted by Gasteiger charge is -2.30. The number of carbonyl (C=O) groups excluding carboxylic acids is 2. The van der Waals surface area contributed by atoms with E-state index < -0.39 is 26.6 Å². The Labute approximate surface area is 497 Å². The highest BCUT2D eigenvalue weighted by Crippen LogP contribution is 2.38. The molecule has 0 radical (unpaired) electrons. The average molecular weight is 1140 g/mol. The minimum Gasteiger partial charge on any atom is -0.756 e. The second kappa shape index (κ2) is 58.8. The molecular weight excluding hydrogens is 1020 g/mol. The molecule has 0 fully saturated rings. The first-order valence-corrected chi connectivity index (χ1v) is 33.3. The number of hydrogen-bond donors (Lipinski definition) is 1. The molecule has 0 rings (SSSR count). The molecule has 10 heteroatoms. The number of esters is 1. The lowest BCUT2D eigenvalue weighted by atomic mass is 10.1. The second-order valence-electron chi connectivity index (χ2n) is 21.8. The fraction of sp³-hybridized carbons (Fsp3) is 0.606. The third-order valence-electron chi connectivity index (χ3n) is 13.0. The van der Waals surface area contributed by atoms with Gasteiger partial charge >= 0.3 is 5.97 Å². The fourth-order valence-electron chi connectivity index (χ4n) is 8.13. The number of unbranched alkanes of at least 4 members (excludes halogenated alkanes) is 15. The first kappa shape index (κ1) is 76.6. The summed E-state index contributed by atoms with van der Waals surface area (Å²) in [6, 6.07) is -0.948. The highest BCUT2D eigenvalue weighted by molar-refractivity contribution is 7.45. The highest BCUT2D eigenvalue weighted by Gasteiger charge is 2.27. The minimum atomic E-state index is -4.73. The summed E-state index contributed by atoms with van der Waals surface area (Å²) in [5.74, 6) is -0.670. The summed E-state index contributed by atoms with van der Waals surface area (Å²) in [6.45, 7) is 6.51. The van der Waals surface area contributed by atoms with Crippen LogP contribution in [-0.2, 0) is 27.9 Å². The Bertz CT molecular complexity index is 1940. The van der Waals surface area contributed by atoms with Crippen LogP contribution < -0.4 is 10.2 Å². The molecule has 0 aliphatic carbocycles. The SMILES string of the molecule is CC/C=C\C/C=C\C/C=C\C/C=C\C/C=C\C/C=C\CCCCCCCCC(=O)OC(/C=C\CCCCCCCCCCC)C(COP(=O)([O-])OCC[N+](C)(C)C)NC(=O)CC/C=C\C/C=C\C/C=C\C/C=C\C/C=C\C/C=C\CC. The van der Waals surface area contributed by atoms with Gasteiger partial charge in [0, 0.05) is 12.8 Å². The van der Waals surface area contributed by atoms with E-state index in [1.54, 1.807) is 6.08 Å². The molecule has 0 saturated carbocycles. The lowest BCUT2D eigenvalue weighted by molar-refractivity contribution is -0.870. The van der Waals surface area contributed by atoms with Crippen molar-refractivity contribution < 1.29 is 37.3 Å². The zero-order chi connectivity index (χ0) is 59.3. The van der Waals surface area contributed by atoms with Crippen LogP contribution in [0.25, 0.3) is 0 Å². The third-order valence-corrected chi connectivity index (χ3v) is 13.9. The molecule has 0 aromatic carbocycles. The van der Waals surface area contributed by atoms with Crippen molar-refractivity contribution in [3.8, 4) is 0 Å². The van der Waals surface area contributed by atoms with Crippen LogP contribution in [0.3, 0.4) is 0 Å². The topological polar surface area (TPSA) is 114 Å². The van der Waals surface area contributed by atoms with Gasteiger partial charge in [-0.2, -0.15) is 0 Å². The Morgan fingerprint density at radius 3 is 1.21 bits per heavy atom. The monoisotopic (exact) mass is 1140 g/mol. The lowest BCUT2D eigenvalue weighted by Crippen LogP contribution is -2.47. The molecule has 0 spiro atoms. The molecular formula is C71H117N2O7P. The van der Waals surface area contributed by atoms with Crippen LogP contribution in [0.2, 0.25) is 0 Å². The minimum absolute atomic E-state index is 0.0478. The van der Waals surface area contributed by atoms with Gasteiger partial charge in [-0.05, 0) is 122 Å². The fourth-order valence-corrected chi connectivity index (χ4v) is 8.86. The van der Waals surface area contributed by atoms with Gasteiger partial charge in [0.25, 0.3) is 7.82 Å². The summed E-state index contributed by atoms with van der Waals surface area (Å²) in [5, 5.41) is 2.97. The Balaban J connectivity index is 5.31. The number of quaternary nitrogens is 1. The van der Waals surface area contributed by atoms with Crippen LogP contribution in [0, 0.1) is 0 Å². The van der Waals surface area contributed by atoms with Crippen molar-refractivity contribution in [2.45, 2.75) is 238 Å². The standard InChI is InChI=1S/C71H117N2O7P/c1-7-10-13-16-19-22-25-27-29-31-33-34-35-36-37-38-40-42-44-46-49-52-55-58-61-64-71(75)80-69(62-59-56-53-50-47-24-21-18-15-12-9-3)68(67-79-81(76,77)78-66-65-73(4,5)6)72-70(74)63-60-57-54-51-48-45-43-41-39-32-30-28-26-23-20-17-14-11-8-2/h10-11,13-14,19-20,22-23,27-30,33-34,36-37,39-42,45,48,54,57,59,62,68-69H,7-9,12,15-18,21,24-26,31-32,35,38,43-44,46-47,49-53,55-56,58,60-61,63-67H2,1-6H3,(H-,72,74,76,77)/b13-10-,14-11-,22-19-,23-20-,29-27-,30-28-,34-33-,37-36-,41-39-,42-40-,48-45-,57-54-,62-59-. The number of phosphoric acid groups is 1. The predicted octanol–water partition coefficient (Wildman–Crippen LogP) is 19.4. The normalized spacial score (nSPS) is 14.7. The Morgan fingerprint density at radius 1 is 0.444 bits per heavy atom. The molecule has 0 saturated heterocycles. The van der Waals surface area contributed by atoms with Crippen molar-refractivity contribution in [1.29, 1.82) is 0 Å². The molecule has 9 nitrogen and oxygen atoms in total. The maximum Gasteiger partial charge on any atom is 0.306 e. The van der Waals surface area contributed by atoms with E-state index in [1.165, 1.54) is 44.9 Å². The number of likely N-dealkylation sites (N-methyl/N-ethyl adjacent to an activating group) is 1. The van der Waals surface area contributed by atoms with E-state index in [1.807, 2.05) is 39.4 Å². The largest absolute Gasteiger partial charge is 0.756 e. The van der Waals surface area contributed by atoms with Gasteiger partial charge in [0.1, 0.15) is 19.3 Å². The molecule has 0 aliphatic rings. The molecule has 0 bridgehead atoms. The number of nitrogens with one attached hydrogen (secondary N) is 1. The number of nitrogens with zero attached hydrogens (tertiary/aromatic N) is 1. The number of allylic oxidation sites excluding steroid dienone is 25. The Kier molecular flexibility index (Phi) is 55.6. The van der Waals surface area contributed by atoms with Crippen molar-refractivity contribution in [2.24, 2.45) is 0 Å². The first-order valence-electron chi connectivity index (χ1n) is 31.8. The Morgan fingerprint density at radius 2 is 0.802 bits per heavy atom. The predicted molar refractivity (Wildman–Crippen MR) is 348 cm³/mol. The van der Waals surface area contributed by atoms with Crippen molar-refractivity contribution in [3.05, 3.63) is 158 Å². The van der Waals surface area contributed by atoms with E-state index in [0.717, 1.165) is 135 Å². The van der Waals surface area contributed by atoms with Crippen LogP contribution in [0.15, 0.2) is 158 Å². The maximum atomic E-state index is 13.5. The molecule has 0 aliphatic heterocycles. The number of amides is 1. The van der Waals surface area contributed by atoms with E-state index in [9.17, 15) is 19.0 Å². The molecule has 0 aromatic heterocycles. The number of ether oxygens (including phenoxy) is 1. The van der Waals surface area contributed by atoms with Gasteiger partial charge in [-0.15, -0.1) is 0 Å². The Hall–Kier alpha value is -4.37. The summed E-state index contributed by atoms with van der Waals surface area (Å²) in [4.78, 5) is 40.0. The molecule has 3 unspecified atom stereocenters. The number of carbonyl (C=O) groups is 2. The van der Waals surface area contributed by atoms with Crippen LogP contribution in [0.1, 0.15) is 226 Å². The molecule has 0 aromatic rings. The van der Waals surface area contributed by atoms with E-state index in [0.29, 0.717) is 23.9 Å². The molecule has 81 heavy (non-hydrogen) atoms. The summed E-state index contributed by atoms with van der Waals surface area (Å²) in [7, 11) is 1.10. The molecule has 1 N–H and O–H groups in total. The van der Waals surface area contributed by atoms with Crippen molar-refractivity contribution >= 4 is 19.7 Å². The zero-order valence-electron chi connectivity index (χ0n) is 52.2. The van der Waals surface area contributed by atoms with Gasteiger partial charge in [0.15, 0.2) is 0 Å². The molecule has 0 heterocycles. The number of rotatable bonds is 55. The van der Waals surface area contributed by atoms with Crippen LogP contribution in [0.5, 0.6) is 0 Å². The van der Waals surface area contributed by atoms with Gasteiger partial charge in [-0.25, -0.2) is 0 Å². The average Bonchev–Trinajstić information content (AvgIpc) is 3.43. The van der Waals surface area contributed by atoms with Crippen LogP contribution in [0.4, 0.5) is 0 Å². The highest BCUT2D eigenvalue weighted by atomic mass is 31.2. The summed E-state index contributed by atoms with van der Waals surface area (Å²) in [5.41, 5.74) is 0. The van der Waals surface area contributed by atoms with Crippen molar-refractivity contribution in [2.75, 3.05) is 40.9 Å².